The molecule has 126 valence electrons. The van der Waals surface area contributed by atoms with Crippen molar-refractivity contribution in [2.45, 2.75) is 0 Å². The Kier molecular flexibility index (Phi) is 3.99. The van der Waals surface area contributed by atoms with E-state index in [-0.39, 0.29) is 5.69 Å². The van der Waals surface area contributed by atoms with Crippen molar-refractivity contribution in [3.8, 4) is 11.5 Å². The lowest BCUT2D eigenvalue weighted by molar-refractivity contribution is -0.384. The normalized spacial score (nSPS) is 11.2. The molecule has 3 aromatic carbocycles. The molecule has 0 fully saturated rings. The van der Waals surface area contributed by atoms with Crippen molar-refractivity contribution < 1.29 is 9.34 Å². The number of hydrogen-bond donors (Lipinski definition) is 0. The summed E-state index contributed by atoms with van der Waals surface area (Å²) in [6.07, 6.45) is 1.66. The molecule has 26 heavy (non-hydrogen) atoms. The third kappa shape index (κ3) is 3.21. The molecule has 0 aliphatic carbocycles. The van der Waals surface area contributed by atoms with Gasteiger partial charge in [-0.3, -0.25) is 15.1 Å². The Balaban J connectivity index is 1.52. The third-order valence-electron chi connectivity index (χ3n) is 3.87. The average Bonchev–Trinajstić information content (AvgIpc) is 3.11. The van der Waals surface area contributed by atoms with Crippen molar-refractivity contribution in [1.29, 1.82) is 0 Å². The van der Waals surface area contributed by atoms with Gasteiger partial charge < -0.3 is 4.42 Å². The summed E-state index contributed by atoms with van der Waals surface area (Å²) in [4.78, 5) is 19.1. The number of nitrogens with zero attached hydrogens (tertiary/aromatic N) is 3. The molecule has 0 saturated heterocycles. The molecule has 6 heteroatoms. The Morgan fingerprint density at radius 3 is 2.38 bits per heavy atom. The molecule has 4 rings (SSSR count). The maximum absolute atomic E-state index is 10.7. The van der Waals surface area contributed by atoms with Gasteiger partial charge in [-0.1, -0.05) is 12.1 Å². The highest BCUT2D eigenvalue weighted by Crippen LogP contribution is 2.25. The third-order valence-corrected chi connectivity index (χ3v) is 3.87. The first kappa shape index (κ1) is 15.7. The summed E-state index contributed by atoms with van der Waals surface area (Å²) in [5.74, 6) is 0.567. The summed E-state index contributed by atoms with van der Waals surface area (Å²) in [6.45, 7) is 0. The number of non-ortho nitro benzene ring substituents is 1. The molecule has 0 aliphatic heterocycles. The van der Waals surface area contributed by atoms with Crippen molar-refractivity contribution in [2.75, 3.05) is 0 Å². The summed E-state index contributed by atoms with van der Waals surface area (Å²) in [7, 11) is 0. The van der Waals surface area contributed by atoms with E-state index >= 15 is 0 Å². The zero-order chi connectivity index (χ0) is 17.9. The van der Waals surface area contributed by atoms with E-state index in [0.29, 0.717) is 5.89 Å². The average molecular weight is 343 g/mol. The van der Waals surface area contributed by atoms with Crippen LogP contribution in [0.15, 0.2) is 82.2 Å². The number of rotatable bonds is 4. The lowest BCUT2D eigenvalue weighted by atomic mass is 10.2. The van der Waals surface area contributed by atoms with E-state index in [0.717, 1.165) is 27.9 Å². The zero-order valence-electron chi connectivity index (χ0n) is 13.6. The van der Waals surface area contributed by atoms with Crippen LogP contribution in [0.1, 0.15) is 5.56 Å². The minimum atomic E-state index is -0.425. The Morgan fingerprint density at radius 1 is 0.962 bits per heavy atom. The van der Waals surface area contributed by atoms with Crippen LogP contribution in [0.5, 0.6) is 0 Å². The summed E-state index contributed by atoms with van der Waals surface area (Å²) in [5.41, 5.74) is 4.06. The molecule has 1 heterocycles. The predicted octanol–water partition coefficient (Wildman–Crippen LogP) is 5.15. The van der Waals surface area contributed by atoms with Gasteiger partial charge >= 0.3 is 0 Å². The van der Waals surface area contributed by atoms with Gasteiger partial charge in [0.2, 0.25) is 5.89 Å². The highest BCUT2D eigenvalue weighted by Gasteiger charge is 2.07. The van der Waals surface area contributed by atoms with E-state index in [1.807, 2.05) is 48.5 Å². The van der Waals surface area contributed by atoms with E-state index in [2.05, 4.69) is 9.98 Å². The van der Waals surface area contributed by atoms with Gasteiger partial charge in [-0.25, -0.2) is 4.98 Å². The number of nitro benzene ring substituents is 1. The fourth-order valence-corrected chi connectivity index (χ4v) is 2.52. The van der Waals surface area contributed by atoms with Crippen LogP contribution in [-0.4, -0.2) is 16.1 Å². The van der Waals surface area contributed by atoms with Gasteiger partial charge in [-0.2, -0.15) is 0 Å². The molecule has 0 unspecified atom stereocenters. The van der Waals surface area contributed by atoms with Crippen LogP contribution in [0.4, 0.5) is 11.4 Å². The van der Waals surface area contributed by atoms with Crippen LogP contribution in [-0.2, 0) is 0 Å². The standard InChI is InChI=1S/C20H13N3O3/c24-23(25)17-11-5-14(6-12-17)13-21-16-9-7-15(8-10-16)20-22-18-3-1-2-4-19(18)26-20/h1-13H. The van der Waals surface area contributed by atoms with Gasteiger partial charge in [0.1, 0.15) is 5.52 Å². The second-order valence-electron chi connectivity index (χ2n) is 5.64. The minimum Gasteiger partial charge on any atom is -0.436 e. The molecule has 0 atom stereocenters. The monoisotopic (exact) mass is 343 g/mol. The van der Waals surface area contributed by atoms with E-state index in [1.54, 1.807) is 18.3 Å². The van der Waals surface area contributed by atoms with Gasteiger partial charge in [0, 0.05) is 23.9 Å². The first-order valence-corrected chi connectivity index (χ1v) is 7.93. The molecule has 0 aliphatic rings. The number of benzene rings is 3. The molecular weight excluding hydrogens is 330 g/mol. The number of para-hydroxylation sites is 2. The fraction of sp³-hybridized carbons (Fsp3) is 0. The predicted molar refractivity (Wildman–Crippen MR) is 99.8 cm³/mol. The summed E-state index contributed by atoms with van der Waals surface area (Å²) in [6, 6.07) is 21.4. The largest absolute Gasteiger partial charge is 0.436 e. The van der Waals surface area contributed by atoms with Crippen molar-refractivity contribution >= 4 is 28.7 Å². The molecule has 1 aromatic heterocycles. The van der Waals surface area contributed by atoms with Crippen LogP contribution in [0.2, 0.25) is 0 Å². The second kappa shape index (κ2) is 6.60. The highest BCUT2D eigenvalue weighted by atomic mass is 16.6. The minimum absolute atomic E-state index is 0.0600. The number of oxazole rings is 1. The summed E-state index contributed by atoms with van der Waals surface area (Å²) >= 11 is 0. The number of aliphatic imine (C=N–C) groups is 1. The fourth-order valence-electron chi connectivity index (χ4n) is 2.52. The zero-order valence-corrected chi connectivity index (χ0v) is 13.6. The Bertz CT molecular complexity index is 1060. The molecule has 4 aromatic rings. The van der Waals surface area contributed by atoms with Crippen LogP contribution < -0.4 is 0 Å². The first-order valence-electron chi connectivity index (χ1n) is 7.93. The van der Waals surface area contributed by atoms with Gasteiger partial charge in [-0.05, 0) is 54.1 Å². The Hall–Kier alpha value is -3.80. The number of hydrogen-bond acceptors (Lipinski definition) is 5. The number of aromatic nitrogens is 1. The van der Waals surface area contributed by atoms with Crippen LogP contribution >= 0.6 is 0 Å². The quantitative estimate of drug-likeness (QED) is 0.291. The van der Waals surface area contributed by atoms with Crippen LogP contribution in [0, 0.1) is 10.1 Å². The molecule has 0 spiro atoms. The van der Waals surface area contributed by atoms with E-state index < -0.39 is 4.92 Å². The van der Waals surface area contributed by atoms with Gasteiger partial charge in [-0.15, -0.1) is 0 Å². The Morgan fingerprint density at radius 2 is 1.69 bits per heavy atom. The maximum Gasteiger partial charge on any atom is 0.269 e. The summed E-state index contributed by atoms with van der Waals surface area (Å²) < 4.78 is 5.75. The highest BCUT2D eigenvalue weighted by molar-refractivity contribution is 5.82. The van der Waals surface area contributed by atoms with Crippen molar-refractivity contribution in [1.82, 2.24) is 4.98 Å². The van der Waals surface area contributed by atoms with Crippen molar-refractivity contribution in [3.05, 3.63) is 88.5 Å². The van der Waals surface area contributed by atoms with Crippen LogP contribution in [0.25, 0.3) is 22.6 Å². The van der Waals surface area contributed by atoms with Crippen molar-refractivity contribution in [2.24, 2.45) is 4.99 Å². The molecule has 0 amide bonds. The lowest BCUT2D eigenvalue weighted by Gasteiger charge is -1.97. The van der Waals surface area contributed by atoms with E-state index in [9.17, 15) is 10.1 Å². The smallest absolute Gasteiger partial charge is 0.269 e. The SMILES string of the molecule is O=[N+]([O-])c1ccc(C=Nc2ccc(-c3nc4ccccc4o3)cc2)cc1. The number of nitro groups is 1. The topological polar surface area (TPSA) is 81.5 Å². The lowest BCUT2D eigenvalue weighted by Crippen LogP contribution is -1.88. The Labute approximate surface area is 148 Å². The van der Waals surface area contributed by atoms with Gasteiger partial charge in [0.25, 0.3) is 5.69 Å². The summed E-state index contributed by atoms with van der Waals surface area (Å²) in [5, 5.41) is 10.7. The van der Waals surface area contributed by atoms with Gasteiger partial charge in [0.15, 0.2) is 5.58 Å². The molecule has 0 saturated carbocycles. The molecule has 6 nitrogen and oxygen atoms in total. The van der Waals surface area contributed by atoms with E-state index in [1.165, 1.54) is 12.1 Å². The molecule has 0 bridgehead atoms. The molecular formula is C20H13N3O3. The van der Waals surface area contributed by atoms with Crippen molar-refractivity contribution in [3.63, 3.8) is 0 Å². The maximum atomic E-state index is 10.7. The number of fused-ring (bicyclic) bond motifs is 1. The first-order chi connectivity index (χ1) is 12.7. The molecule has 0 N–H and O–H groups in total. The molecule has 0 radical (unpaired) electrons. The van der Waals surface area contributed by atoms with E-state index in [4.69, 9.17) is 4.42 Å². The van der Waals surface area contributed by atoms with Crippen LogP contribution in [0.3, 0.4) is 0 Å². The van der Waals surface area contributed by atoms with Gasteiger partial charge in [0.05, 0.1) is 10.6 Å². The second-order valence-corrected chi connectivity index (χ2v) is 5.64.